The molecule has 1 aromatic heterocycles. The fourth-order valence-corrected chi connectivity index (χ4v) is 3.49. The van der Waals surface area contributed by atoms with Crippen molar-refractivity contribution < 1.29 is 29.3 Å². The molecule has 0 spiro atoms. The second kappa shape index (κ2) is 9.49. The average molecular weight is 431 g/mol. The molecule has 1 unspecified atom stereocenters. The van der Waals surface area contributed by atoms with Gasteiger partial charge in [0.15, 0.2) is 0 Å². The summed E-state index contributed by atoms with van der Waals surface area (Å²) < 4.78 is 11.1. The van der Waals surface area contributed by atoms with E-state index in [1.165, 1.54) is 4.90 Å². The molecule has 31 heavy (non-hydrogen) atoms. The lowest BCUT2D eigenvalue weighted by Gasteiger charge is -2.40. The van der Waals surface area contributed by atoms with Crippen LogP contribution < -0.4 is 4.74 Å². The van der Waals surface area contributed by atoms with E-state index in [4.69, 9.17) is 9.47 Å². The summed E-state index contributed by atoms with van der Waals surface area (Å²) in [7, 11) is 0. The van der Waals surface area contributed by atoms with Crippen LogP contribution in [0, 0.1) is 0 Å². The molecule has 0 saturated carbocycles. The number of carbonyl (C=O) groups excluding carboxylic acids is 1. The van der Waals surface area contributed by atoms with E-state index in [1.807, 2.05) is 35.2 Å². The third kappa shape index (κ3) is 6.05. The van der Waals surface area contributed by atoms with Crippen molar-refractivity contribution in [3.63, 3.8) is 0 Å². The van der Waals surface area contributed by atoms with Crippen molar-refractivity contribution >= 4 is 23.0 Å². The van der Waals surface area contributed by atoms with Gasteiger partial charge < -0.3 is 19.7 Å². The highest BCUT2D eigenvalue weighted by Crippen LogP contribution is 2.24. The van der Waals surface area contributed by atoms with Crippen molar-refractivity contribution in [1.82, 2.24) is 14.8 Å². The van der Waals surface area contributed by atoms with Crippen molar-refractivity contribution in [3.8, 4) is 5.75 Å². The minimum Gasteiger partial charge on any atom is -0.490 e. The summed E-state index contributed by atoms with van der Waals surface area (Å²) in [6, 6.07) is 8.22. The maximum atomic E-state index is 12.4. The standard InChI is InChI=1S/C22H29N3O6/c1-22(2,3)31-21(29)25-11-10-24(13-18(25)20(27)28)12-15(26)14-30-19-8-4-7-17-16(19)6-5-9-23-17/h4-9,15,18,26H,10-14H2,1-3H3,(H,27,28)/t15-,18?/m1/s1. The first-order chi connectivity index (χ1) is 14.6. The first kappa shape index (κ1) is 22.8. The zero-order valence-corrected chi connectivity index (χ0v) is 18.0. The number of amides is 1. The van der Waals surface area contributed by atoms with E-state index in [0.717, 1.165) is 10.9 Å². The van der Waals surface area contributed by atoms with Crippen molar-refractivity contribution in [3.05, 3.63) is 36.5 Å². The van der Waals surface area contributed by atoms with Gasteiger partial charge in [-0.05, 0) is 45.0 Å². The van der Waals surface area contributed by atoms with Crippen LogP contribution in [0.3, 0.4) is 0 Å². The number of pyridine rings is 1. The monoisotopic (exact) mass is 431 g/mol. The van der Waals surface area contributed by atoms with Gasteiger partial charge in [-0.2, -0.15) is 0 Å². The number of piperazine rings is 1. The number of aliphatic hydroxyl groups excluding tert-OH is 1. The Morgan fingerprint density at radius 2 is 2.00 bits per heavy atom. The number of carboxylic acids is 1. The van der Waals surface area contributed by atoms with Gasteiger partial charge in [-0.15, -0.1) is 0 Å². The van der Waals surface area contributed by atoms with Crippen LogP contribution in [0.5, 0.6) is 5.75 Å². The molecule has 1 amide bonds. The Balaban J connectivity index is 1.56. The number of nitrogens with zero attached hydrogens (tertiary/aromatic N) is 3. The van der Waals surface area contributed by atoms with Crippen LogP contribution >= 0.6 is 0 Å². The molecule has 1 saturated heterocycles. The van der Waals surface area contributed by atoms with Gasteiger partial charge in [0.1, 0.15) is 30.1 Å². The van der Waals surface area contributed by atoms with Gasteiger partial charge in [0.05, 0.1) is 5.52 Å². The zero-order valence-electron chi connectivity index (χ0n) is 18.0. The van der Waals surface area contributed by atoms with E-state index < -0.39 is 29.8 Å². The molecule has 0 radical (unpaired) electrons. The molecule has 9 heteroatoms. The normalized spacial score (nSPS) is 18.6. The zero-order chi connectivity index (χ0) is 22.6. The third-order valence-corrected chi connectivity index (χ3v) is 4.88. The van der Waals surface area contributed by atoms with Gasteiger partial charge >= 0.3 is 12.1 Å². The molecule has 2 N–H and O–H groups in total. The van der Waals surface area contributed by atoms with Crippen molar-refractivity contribution in [1.29, 1.82) is 0 Å². The van der Waals surface area contributed by atoms with E-state index >= 15 is 0 Å². The number of rotatable bonds is 6. The number of ether oxygens (including phenoxy) is 2. The Kier molecular flexibility index (Phi) is 6.97. The molecule has 0 aliphatic carbocycles. The van der Waals surface area contributed by atoms with E-state index in [2.05, 4.69) is 4.98 Å². The Morgan fingerprint density at radius 1 is 1.23 bits per heavy atom. The summed E-state index contributed by atoms with van der Waals surface area (Å²) in [5.74, 6) is -0.479. The van der Waals surface area contributed by atoms with Crippen LogP contribution in [-0.4, -0.2) is 87.6 Å². The summed E-state index contributed by atoms with van der Waals surface area (Å²) in [5.41, 5.74) is 0.0964. The molecular weight excluding hydrogens is 402 g/mol. The van der Waals surface area contributed by atoms with E-state index in [1.54, 1.807) is 27.0 Å². The van der Waals surface area contributed by atoms with Crippen molar-refractivity contribution in [2.24, 2.45) is 0 Å². The number of hydrogen-bond acceptors (Lipinski definition) is 7. The topological polar surface area (TPSA) is 112 Å². The molecule has 2 aromatic rings. The molecule has 2 atom stereocenters. The van der Waals surface area contributed by atoms with Crippen LogP contribution in [-0.2, 0) is 9.53 Å². The number of fused-ring (bicyclic) bond motifs is 1. The number of aromatic nitrogens is 1. The predicted molar refractivity (Wildman–Crippen MR) is 114 cm³/mol. The minimum absolute atomic E-state index is 0.0536. The lowest BCUT2D eigenvalue weighted by molar-refractivity contribution is -0.146. The van der Waals surface area contributed by atoms with Gasteiger partial charge in [0, 0.05) is 37.8 Å². The number of carbonyl (C=O) groups is 2. The van der Waals surface area contributed by atoms with E-state index in [-0.39, 0.29) is 26.2 Å². The number of benzene rings is 1. The summed E-state index contributed by atoms with van der Waals surface area (Å²) in [6.45, 7) is 6.22. The van der Waals surface area contributed by atoms with Gasteiger partial charge in [-0.3, -0.25) is 14.8 Å². The highest BCUT2D eigenvalue weighted by atomic mass is 16.6. The number of aliphatic hydroxyl groups is 1. The largest absolute Gasteiger partial charge is 0.490 e. The number of carboxylic acid groups (broad SMARTS) is 1. The first-order valence-electron chi connectivity index (χ1n) is 10.2. The molecule has 9 nitrogen and oxygen atoms in total. The molecule has 3 rings (SSSR count). The van der Waals surface area contributed by atoms with Crippen LogP contribution in [0.15, 0.2) is 36.5 Å². The molecule has 1 aliphatic heterocycles. The highest BCUT2D eigenvalue weighted by molar-refractivity contribution is 5.84. The Labute approximate surface area is 181 Å². The van der Waals surface area contributed by atoms with Crippen LogP contribution in [0.2, 0.25) is 0 Å². The second-order valence-electron chi connectivity index (χ2n) is 8.58. The van der Waals surface area contributed by atoms with Crippen LogP contribution in [0.1, 0.15) is 20.8 Å². The molecule has 1 fully saturated rings. The summed E-state index contributed by atoms with van der Waals surface area (Å²) in [6.07, 6.45) is 0.235. The summed E-state index contributed by atoms with van der Waals surface area (Å²) >= 11 is 0. The van der Waals surface area contributed by atoms with E-state index in [0.29, 0.717) is 12.3 Å². The van der Waals surface area contributed by atoms with Gasteiger partial charge in [0.25, 0.3) is 0 Å². The number of hydrogen-bond donors (Lipinski definition) is 2. The fraction of sp³-hybridized carbons (Fsp3) is 0.500. The Morgan fingerprint density at radius 3 is 2.71 bits per heavy atom. The average Bonchev–Trinajstić information content (AvgIpc) is 2.70. The highest BCUT2D eigenvalue weighted by Gasteiger charge is 2.37. The minimum atomic E-state index is -1.11. The molecule has 1 aromatic carbocycles. The molecule has 1 aliphatic rings. The first-order valence-corrected chi connectivity index (χ1v) is 10.2. The lowest BCUT2D eigenvalue weighted by Crippen LogP contribution is -2.60. The number of β-amino-alcohol motifs (C(OH)–C–C–N with tert-alkyl or cyclic N) is 1. The second-order valence-corrected chi connectivity index (χ2v) is 8.58. The number of aliphatic carboxylic acids is 1. The van der Waals surface area contributed by atoms with Gasteiger partial charge in [-0.25, -0.2) is 9.59 Å². The summed E-state index contributed by atoms with van der Waals surface area (Å²) in [4.78, 5) is 31.4. The predicted octanol–water partition coefficient (Wildman–Crippen LogP) is 1.98. The van der Waals surface area contributed by atoms with Crippen molar-refractivity contribution in [2.75, 3.05) is 32.8 Å². The SMILES string of the molecule is CC(C)(C)OC(=O)N1CCN(C[C@@H](O)COc2cccc3ncccc23)CC1C(=O)O. The van der Waals surface area contributed by atoms with E-state index in [9.17, 15) is 19.8 Å². The molecule has 168 valence electrons. The fourth-order valence-electron chi connectivity index (χ4n) is 3.49. The summed E-state index contributed by atoms with van der Waals surface area (Å²) in [5, 5.41) is 20.9. The third-order valence-electron chi connectivity index (χ3n) is 4.88. The Hall–Kier alpha value is -2.91. The maximum absolute atomic E-state index is 12.4. The van der Waals surface area contributed by atoms with Crippen LogP contribution in [0.25, 0.3) is 10.9 Å². The van der Waals surface area contributed by atoms with Crippen molar-refractivity contribution in [2.45, 2.75) is 38.5 Å². The maximum Gasteiger partial charge on any atom is 0.411 e. The molecule has 2 heterocycles. The van der Waals surface area contributed by atoms with Crippen LogP contribution in [0.4, 0.5) is 4.79 Å². The van der Waals surface area contributed by atoms with Gasteiger partial charge in [-0.1, -0.05) is 6.07 Å². The lowest BCUT2D eigenvalue weighted by atomic mass is 10.1. The smallest absolute Gasteiger partial charge is 0.411 e. The molecular formula is C22H29N3O6. The van der Waals surface area contributed by atoms with Gasteiger partial charge in [0.2, 0.25) is 0 Å². The Bertz CT molecular complexity index is 924. The quantitative estimate of drug-likeness (QED) is 0.714. The molecule has 0 bridgehead atoms.